The van der Waals surface area contributed by atoms with Gasteiger partial charge in [-0.3, -0.25) is 0 Å². The monoisotopic (exact) mass is 322 g/mol. The van der Waals surface area contributed by atoms with Crippen LogP contribution in [0.25, 0.3) is 0 Å². The number of thiocarbonyl (C=S) groups is 1. The lowest BCUT2D eigenvalue weighted by molar-refractivity contribution is 0.293. The molecule has 0 unspecified atom stereocenters. The van der Waals surface area contributed by atoms with Gasteiger partial charge in [-0.2, -0.15) is 0 Å². The van der Waals surface area contributed by atoms with E-state index in [2.05, 4.69) is 20.9 Å². The number of benzene rings is 1. The maximum Gasteiger partial charge on any atom is 0.224 e. The molecule has 92 valence electrons. The van der Waals surface area contributed by atoms with E-state index in [1.165, 1.54) is 0 Å². The van der Waals surface area contributed by atoms with Gasteiger partial charge in [-0.05, 0) is 29.8 Å². The van der Waals surface area contributed by atoms with Gasteiger partial charge in [0.25, 0.3) is 0 Å². The molecule has 0 radical (unpaired) electrons. The van der Waals surface area contributed by atoms with Gasteiger partial charge in [-0.1, -0.05) is 40.3 Å². The van der Waals surface area contributed by atoms with Gasteiger partial charge in [0.2, 0.25) is 5.88 Å². The van der Waals surface area contributed by atoms with Crippen LogP contribution in [0.5, 0.6) is 5.88 Å². The van der Waals surface area contributed by atoms with Crippen LogP contribution in [0.3, 0.4) is 0 Å². The van der Waals surface area contributed by atoms with Gasteiger partial charge >= 0.3 is 0 Å². The Hall–Kier alpha value is -1.46. The second-order valence-corrected chi connectivity index (χ2v) is 4.99. The van der Waals surface area contributed by atoms with Crippen molar-refractivity contribution in [2.45, 2.75) is 6.61 Å². The normalized spacial score (nSPS) is 10.1. The molecule has 5 heteroatoms. The van der Waals surface area contributed by atoms with E-state index in [4.69, 9.17) is 22.7 Å². The zero-order valence-corrected chi connectivity index (χ0v) is 11.9. The second kappa shape index (κ2) is 5.93. The largest absolute Gasteiger partial charge is 0.472 e. The lowest BCUT2D eigenvalue weighted by Gasteiger charge is -2.09. The van der Waals surface area contributed by atoms with E-state index < -0.39 is 0 Å². The van der Waals surface area contributed by atoms with E-state index in [-0.39, 0.29) is 4.99 Å². The number of nitrogens with two attached hydrogens (primary N) is 1. The minimum absolute atomic E-state index is 0.286. The summed E-state index contributed by atoms with van der Waals surface area (Å²) in [5.41, 5.74) is 7.32. The number of ether oxygens (including phenoxy) is 1. The molecule has 0 fully saturated rings. The van der Waals surface area contributed by atoms with Crippen LogP contribution in [-0.4, -0.2) is 9.97 Å². The minimum Gasteiger partial charge on any atom is -0.472 e. The van der Waals surface area contributed by atoms with Crippen molar-refractivity contribution in [2.75, 3.05) is 0 Å². The fourth-order valence-electron chi connectivity index (χ4n) is 1.43. The minimum atomic E-state index is 0.286. The Morgan fingerprint density at radius 3 is 2.67 bits per heavy atom. The van der Waals surface area contributed by atoms with Crippen molar-refractivity contribution < 1.29 is 4.74 Å². The van der Waals surface area contributed by atoms with Gasteiger partial charge in [-0.25, -0.2) is 4.98 Å². The van der Waals surface area contributed by atoms with Crippen LogP contribution in [-0.2, 0) is 6.61 Å². The van der Waals surface area contributed by atoms with Crippen molar-refractivity contribution in [1.82, 2.24) is 4.98 Å². The van der Waals surface area contributed by atoms with Gasteiger partial charge in [0.1, 0.15) is 11.6 Å². The molecule has 1 aromatic heterocycles. The molecule has 1 aromatic carbocycles. The summed E-state index contributed by atoms with van der Waals surface area (Å²) in [7, 11) is 0. The SMILES string of the molecule is NC(=S)c1cccnc1OCc1ccc(Br)cc1. The van der Waals surface area contributed by atoms with Crippen molar-refractivity contribution in [3.63, 3.8) is 0 Å². The molecule has 0 saturated heterocycles. The Morgan fingerprint density at radius 1 is 1.28 bits per heavy atom. The molecule has 0 aliphatic heterocycles. The van der Waals surface area contributed by atoms with Crippen molar-refractivity contribution >= 4 is 33.1 Å². The van der Waals surface area contributed by atoms with Crippen LogP contribution in [0.2, 0.25) is 0 Å². The van der Waals surface area contributed by atoms with Gasteiger partial charge in [0.05, 0.1) is 5.56 Å². The van der Waals surface area contributed by atoms with E-state index >= 15 is 0 Å². The molecule has 0 bridgehead atoms. The summed E-state index contributed by atoms with van der Waals surface area (Å²) >= 11 is 8.33. The lowest BCUT2D eigenvalue weighted by atomic mass is 10.2. The summed E-state index contributed by atoms with van der Waals surface area (Å²) in [4.78, 5) is 4.42. The summed E-state index contributed by atoms with van der Waals surface area (Å²) in [6, 6.07) is 11.5. The third-order valence-corrected chi connectivity index (χ3v) is 3.07. The second-order valence-electron chi connectivity index (χ2n) is 3.64. The maximum atomic E-state index is 5.63. The molecule has 18 heavy (non-hydrogen) atoms. The predicted octanol–water partition coefficient (Wildman–Crippen LogP) is 3.06. The van der Waals surface area contributed by atoms with E-state index in [1.807, 2.05) is 24.3 Å². The van der Waals surface area contributed by atoms with Crippen molar-refractivity contribution in [2.24, 2.45) is 5.73 Å². The van der Waals surface area contributed by atoms with Crippen molar-refractivity contribution in [1.29, 1.82) is 0 Å². The highest BCUT2D eigenvalue weighted by atomic mass is 79.9. The Kier molecular flexibility index (Phi) is 4.28. The molecule has 2 N–H and O–H groups in total. The molecular formula is C13H11BrN2OS. The van der Waals surface area contributed by atoms with Crippen LogP contribution >= 0.6 is 28.1 Å². The first-order valence-corrected chi connectivity index (χ1v) is 6.49. The highest BCUT2D eigenvalue weighted by Crippen LogP contribution is 2.17. The molecule has 0 atom stereocenters. The number of hydrogen-bond donors (Lipinski definition) is 1. The van der Waals surface area contributed by atoms with E-state index in [0.29, 0.717) is 18.1 Å². The van der Waals surface area contributed by atoms with Crippen molar-refractivity contribution in [3.8, 4) is 5.88 Å². The first-order chi connectivity index (χ1) is 8.66. The standard InChI is InChI=1S/C13H11BrN2OS/c14-10-5-3-9(4-6-10)8-17-13-11(12(15)18)2-1-7-16-13/h1-7H,8H2,(H2,15,18). The first-order valence-electron chi connectivity index (χ1n) is 5.29. The summed E-state index contributed by atoms with van der Waals surface area (Å²) in [6.45, 7) is 0.430. The molecule has 3 nitrogen and oxygen atoms in total. The molecular weight excluding hydrogens is 312 g/mol. The van der Waals surface area contributed by atoms with Crippen molar-refractivity contribution in [3.05, 3.63) is 58.2 Å². The van der Waals surface area contributed by atoms with Crippen LogP contribution < -0.4 is 10.5 Å². The van der Waals surface area contributed by atoms with E-state index in [1.54, 1.807) is 18.3 Å². The molecule has 2 aromatic rings. The number of halogens is 1. The zero-order chi connectivity index (χ0) is 13.0. The van der Waals surface area contributed by atoms with Gasteiger partial charge < -0.3 is 10.5 Å². The van der Waals surface area contributed by atoms with Gasteiger partial charge in [0.15, 0.2) is 0 Å². The quantitative estimate of drug-likeness (QED) is 0.879. The molecule has 0 aliphatic rings. The number of aromatic nitrogens is 1. The van der Waals surface area contributed by atoms with Crippen LogP contribution in [0.4, 0.5) is 0 Å². The molecule has 2 rings (SSSR count). The Bertz CT molecular complexity index is 557. The highest BCUT2D eigenvalue weighted by molar-refractivity contribution is 9.10. The summed E-state index contributed by atoms with van der Waals surface area (Å²) in [6.07, 6.45) is 1.65. The summed E-state index contributed by atoms with van der Waals surface area (Å²) < 4.78 is 6.67. The molecule has 0 amide bonds. The van der Waals surface area contributed by atoms with E-state index in [0.717, 1.165) is 10.0 Å². The fraction of sp³-hybridized carbons (Fsp3) is 0.0769. The fourth-order valence-corrected chi connectivity index (χ4v) is 1.85. The average molecular weight is 323 g/mol. The van der Waals surface area contributed by atoms with Crippen LogP contribution in [0.1, 0.15) is 11.1 Å². The predicted molar refractivity (Wildman–Crippen MR) is 78.6 cm³/mol. The number of pyridine rings is 1. The third kappa shape index (κ3) is 3.27. The molecule has 0 saturated carbocycles. The number of nitrogens with zero attached hydrogens (tertiary/aromatic N) is 1. The lowest BCUT2D eigenvalue weighted by Crippen LogP contribution is -2.12. The first kappa shape index (κ1) is 13.0. The molecule has 1 heterocycles. The summed E-state index contributed by atoms with van der Waals surface area (Å²) in [5.74, 6) is 0.466. The molecule has 0 spiro atoms. The topological polar surface area (TPSA) is 48.1 Å². The highest BCUT2D eigenvalue weighted by Gasteiger charge is 2.07. The maximum absolute atomic E-state index is 5.63. The van der Waals surface area contributed by atoms with Crippen LogP contribution in [0, 0.1) is 0 Å². The molecule has 0 aliphatic carbocycles. The Labute approximate surface area is 119 Å². The number of hydrogen-bond acceptors (Lipinski definition) is 3. The van der Waals surface area contributed by atoms with E-state index in [9.17, 15) is 0 Å². The average Bonchev–Trinajstić information content (AvgIpc) is 2.38. The number of rotatable bonds is 4. The Morgan fingerprint density at radius 2 is 2.00 bits per heavy atom. The zero-order valence-electron chi connectivity index (χ0n) is 9.47. The third-order valence-electron chi connectivity index (χ3n) is 2.33. The smallest absolute Gasteiger partial charge is 0.224 e. The van der Waals surface area contributed by atoms with Crippen LogP contribution in [0.15, 0.2) is 47.1 Å². The summed E-state index contributed by atoms with van der Waals surface area (Å²) in [5, 5.41) is 0. The Balaban J connectivity index is 2.10. The van der Waals surface area contributed by atoms with Gasteiger partial charge in [0, 0.05) is 10.7 Å². The van der Waals surface area contributed by atoms with Gasteiger partial charge in [-0.15, -0.1) is 0 Å².